The Balaban J connectivity index is 1.96. The summed E-state index contributed by atoms with van der Waals surface area (Å²) in [7, 11) is 1.50. The van der Waals surface area contributed by atoms with Gasteiger partial charge >= 0.3 is 12.4 Å². The minimum Gasteiger partial charge on any atom is -0.382 e. The van der Waals surface area contributed by atoms with Crippen molar-refractivity contribution in [1.82, 2.24) is 24.6 Å². The highest BCUT2D eigenvalue weighted by Crippen LogP contribution is 2.53. The zero-order valence-corrected chi connectivity index (χ0v) is 23.8. The topological polar surface area (TPSA) is 84.1 Å². The fourth-order valence-corrected chi connectivity index (χ4v) is 6.04. The number of carbonyl (C=O) groups excluding carboxylic acids is 1. The van der Waals surface area contributed by atoms with Crippen LogP contribution in [0.1, 0.15) is 74.4 Å². The number of hydrogen-bond acceptors (Lipinski definition) is 6. The van der Waals surface area contributed by atoms with Gasteiger partial charge in [-0.3, -0.25) is 4.79 Å². The van der Waals surface area contributed by atoms with Crippen molar-refractivity contribution in [2.24, 2.45) is 7.05 Å². The lowest BCUT2D eigenvalue weighted by atomic mass is 9.79. The number of halogens is 8. The number of nitrogens with zero attached hydrogens (tertiary/aromatic N) is 5. The highest BCUT2D eigenvalue weighted by molar-refractivity contribution is 7.18. The Bertz CT molecular complexity index is 1480. The van der Waals surface area contributed by atoms with E-state index in [1.807, 2.05) is 0 Å². The minimum atomic E-state index is -5.85. The molecule has 1 atom stereocenters. The van der Waals surface area contributed by atoms with Crippen LogP contribution in [0.15, 0.2) is 18.2 Å². The zero-order chi connectivity index (χ0) is 31.6. The van der Waals surface area contributed by atoms with E-state index in [2.05, 4.69) is 15.2 Å². The number of amides is 1. The first-order valence-corrected chi connectivity index (χ1v) is 13.5. The van der Waals surface area contributed by atoms with Crippen molar-refractivity contribution in [3.8, 4) is 21.3 Å². The van der Waals surface area contributed by atoms with Gasteiger partial charge in [-0.25, -0.2) is 13.8 Å². The van der Waals surface area contributed by atoms with Crippen LogP contribution in [0.25, 0.3) is 21.3 Å². The molecule has 7 nitrogen and oxygen atoms in total. The Morgan fingerprint density at radius 2 is 1.69 bits per heavy atom. The van der Waals surface area contributed by atoms with Crippen molar-refractivity contribution in [1.29, 1.82) is 0 Å². The maximum absolute atomic E-state index is 14.4. The quantitative estimate of drug-likeness (QED) is 0.306. The summed E-state index contributed by atoms with van der Waals surface area (Å²) in [6.45, 7) is 4.91. The summed E-state index contributed by atoms with van der Waals surface area (Å²) in [6.07, 6.45) is -13.9. The van der Waals surface area contributed by atoms with Crippen LogP contribution >= 0.6 is 11.3 Å². The van der Waals surface area contributed by atoms with E-state index < -0.39 is 52.4 Å². The first-order chi connectivity index (χ1) is 19.2. The summed E-state index contributed by atoms with van der Waals surface area (Å²) in [4.78, 5) is 19.3. The number of thiazole rings is 1. The van der Waals surface area contributed by atoms with Crippen LogP contribution in [-0.2, 0) is 18.1 Å². The van der Waals surface area contributed by atoms with Crippen molar-refractivity contribution in [3.63, 3.8) is 0 Å². The normalized spacial score (nSPS) is 17.0. The first kappa shape index (κ1) is 31.8. The molecule has 4 rings (SSSR count). The molecule has 3 heterocycles. The Morgan fingerprint density at radius 1 is 1.07 bits per heavy atom. The van der Waals surface area contributed by atoms with Crippen molar-refractivity contribution in [2.45, 2.75) is 76.4 Å². The van der Waals surface area contributed by atoms with Gasteiger partial charge in [-0.1, -0.05) is 12.1 Å². The first-order valence-electron chi connectivity index (χ1n) is 12.7. The lowest BCUT2D eigenvalue weighted by Gasteiger charge is -2.34. The molecule has 0 radical (unpaired) electrons. The molecule has 3 aromatic rings. The summed E-state index contributed by atoms with van der Waals surface area (Å²) in [6, 6.07) is 1.18. The van der Waals surface area contributed by atoms with Gasteiger partial charge in [0.25, 0.3) is 12.3 Å². The minimum absolute atomic E-state index is 0.0189. The molecule has 42 heavy (non-hydrogen) atoms. The molecule has 0 bridgehead atoms. The second kappa shape index (κ2) is 10.5. The summed E-state index contributed by atoms with van der Waals surface area (Å²) < 4.78 is 113. The number of benzene rings is 1. The monoisotopic (exact) mass is 625 g/mol. The number of carbonyl (C=O) groups is 1. The Kier molecular flexibility index (Phi) is 7.98. The maximum Gasteiger partial charge on any atom is 0.406 e. The van der Waals surface area contributed by atoms with E-state index in [1.165, 1.54) is 30.4 Å². The van der Waals surface area contributed by atoms with Crippen LogP contribution in [0.3, 0.4) is 0 Å². The molecule has 1 aliphatic rings. The molecule has 1 fully saturated rings. The van der Waals surface area contributed by atoms with Crippen molar-refractivity contribution >= 4 is 17.2 Å². The molecule has 0 spiro atoms. The van der Waals surface area contributed by atoms with Crippen LogP contribution in [0.2, 0.25) is 0 Å². The molecule has 1 saturated heterocycles. The lowest BCUT2D eigenvalue weighted by molar-refractivity contribution is -0.297. The van der Waals surface area contributed by atoms with Crippen LogP contribution in [0.4, 0.5) is 35.1 Å². The van der Waals surface area contributed by atoms with E-state index in [9.17, 15) is 45.0 Å². The number of aliphatic hydroxyl groups is 1. The molecule has 1 aromatic carbocycles. The largest absolute Gasteiger partial charge is 0.406 e. The molecule has 0 saturated carbocycles. The standard InChI is InChI=1S/C26H27F8N5O2S/c1-12-7-6-10-39(12)21(40)16-17(42-20(35-16)19-36-37-22(38(19)5)23(2,3)41)14-9-8-13(11-15(14)18(27)28)24(4,25(29,30)31)26(32,33)34/h8-9,11-12,18,41H,6-7,10H2,1-5H3/t12-/m0/s1. The average Bonchev–Trinajstić information content (AvgIpc) is 3.58. The predicted molar refractivity (Wildman–Crippen MR) is 137 cm³/mol. The van der Waals surface area contributed by atoms with Gasteiger partial charge in [0.2, 0.25) is 0 Å². The predicted octanol–water partition coefficient (Wildman–Crippen LogP) is 6.78. The molecule has 230 valence electrons. The zero-order valence-electron chi connectivity index (χ0n) is 23.0. The molecular weight excluding hydrogens is 598 g/mol. The van der Waals surface area contributed by atoms with Crippen LogP contribution < -0.4 is 0 Å². The third kappa shape index (κ3) is 5.27. The molecule has 1 aliphatic heterocycles. The van der Waals surface area contributed by atoms with Gasteiger partial charge in [-0.2, -0.15) is 26.3 Å². The highest BCUT2D eigenvalue weighted by atomic mass is 32.1. The number of likely N-dealkylation sites (tertiary alicyclic amines) is 1. The van der Waals surface area contributed by atoms with E-state index in [0.717, 1.165) is 6.07 Å². The fraction of sp³-hybridized carbons (Fsp3) is 0.538. The van der Waals surface area contributed by atoms with E-state index in [4.69, 9.17) is 0 Å². The van der Waals surface area contributed by atoms with Gasteiger partial charge in [-0.15, -0.1) is 21.5 Å². The molecule has 1 amide bonds. The molecular formula is C26H27F8N5O2S. The number of aromatic nitrogens is 4. The Morgan fingerprint density at radius 3 is 2.17 bits per heavy atom. The summed E-state index contributed by atoms with van der Waals surface area (Å²) in [5.41, 5.74) is -9.16. The van der Waals surface area contributed by atoms with E-state index in [-0.39, 0.29) is 46.3 Å². The molecule has 2 aromatic heterocycles. The van der Waals surface area contributed by atoms with Gasteiger partial charge in [0.1, 0.15) is 11.3 Å². The molecule has 1 N–H and O–H groups in total. The molecule has 0 unspecified atom stereocenters. The Labute approximate surface area is 239 Å². The van der Waals surface area contributed by atoms with E-state index >= 15 is 0 Å². The van der Waals surface area contributed by atoms with Gasteiger partial charge in [0.15, 0.2) is 22.1 Å². The smallest absolute Gasteiger partial charge is 0.382 e. The van der Waals surface area contributed by atoms with Crippen LogP contribution in [0, 0.1) is 0 Å². The van der Waals surface area contributed by atoms with Crippen LogP contribution in [-0.4, -0.2) is 60.6 Å². The van der Waals surface area contributed by atoms with Gasteiger partial charge in [-0.05, 0) is 52.2 Å². The summed E-state index contributed by atoms with van der Waals surface area (Å²) in [5, 5.41) is 18.4. The summed E-state index contributed by atoms with van der Waals surface area (Å²) >= 11 is 0.707. The van der Waals surface area contributed by atoms with E-state index in [1.54, 1.807) is 6.92 Å². The molecule has 0 aliphatic carbocycles. The highest BCUT2D eigenvalue weighted by Gasteiger charge is 2.68. The lowest BCUT2D eigenvalue weighted by Crippen LogP contribution is -2.51. The maximum atomic E-state index is 14.4. The Hall–Kier alpha value is -3.14. The second-order valence-corrected chi connectivity index (χ2v) is 11.9. The number of hydrogen-bond donors (Lipinski definition) is 1. The summed E-state index contributed by atoms with van der Waals surface area (Å²) in [5.74, 6) is -0.461. The van der Waals surface area contributed by atoms with Crippen molar-refractivity contribution < 1.29 is 45.0 Å². The van der Waals surface area contributed by atoms with Gasteiger partial charge < -0.3 is 14.6 Å². The van der Waals surface area contributed by atoms with Gasteiger partial charge in [0, 0.05) is 30.8 Å². The molecule has 16 heteroatoms. The average molecular weight is 626 g/mol. The SMILES string of the molecule is C[C@H]1CCCN1C(=O)c1nc(-c2nnc(C(C)(C)O)n2C)sc1-c1ccc(C(C)(C(F)(F)F)C(F)(F)F)cc1C(F)F. The van der Waals surface area contributed by atoms with Crippen molar-refractivity contribution in [3.05, 3.63) is 40.8 Å². The number of alkyl halides is 8. The second-order valence-electron chi connectivity index (χ2n) is 10.9. The fourth-order valence-electron chi connectivity index (χ4n) is 4.91. The van der Waals surface area contributed by atoms with E-state index in [0.29, 0.717) is 36.8 Å². The number of rotatable bonds is 6. The van der Waals surface area contributed by atoms with Crippen LogP contribution in [0.5, 0.6) is 0 Å². The third-order valence-corrected chi connectivity index (χ3v) is 8.58. The van der Waals surface area contributed by atoms with Crippen molar-refractivity contribution in [2.75, 3.05) is 6.54 Å². The van der Waals surface area contributed by atoms with Gasteiger partial charge in [0.05, 0.1) is 4.88 Å². The third-order valence-electron chi connectivity index (χ3n) is 7.50.